The monoisotopic (exact) mass is 289 g/mol. The third-order valence-corrected chi connectivity index (χ3v) is 2.43. The Bertz CT molecular complexity index is 616. The van der Waals surface area contributed by atoms with Crippen molar-refractivity contribution in [2.45, 2.75) is 6.18 Å². The van der Waals surface area contributed by atoms with Gasteiger partial charge in [-0.05, 0) is 12.1 Å². The summed E-state index contributed by atoms with van der Waals surface area (Å²) in [6.45, 7) is 0. The van der Waals surface area contributed by atoms with Gasteiger partial charge in [-0.3, -0.25) is 0 Å². The molecule has 0 aliphatic rings. The maximum absolute atomic E-state index is 13.5. The minimum absolute atomic E-state index is 0.198. The standard InChI is InChI=1S/C13H8F5NO/c14-9-5-7(19)6-10(15)12(9)20-11-4-2-1-3-8(11)13(16,17)18/h1-6H,19H2. The van der Waals surface area contributed by atoms with E-state index in [1.807, 2.05) is 0 Å². The lowest BCUT2D eigenvalue weighted by Crippen LogP contribution is -2.07. The molecule has 0 aromatic heterocycles. The van der Waals surface area contributed by atoms with Crippen molar-refractivity contribution in [1.29, 1.82) is 0 Å². The molecule has 0 amide bonds. The summed E-state index contributed by atoms with van der Waals surface area (Å²) in [5, 5.41) is 0. The second-order valence-corrected chi connectivity index (χ2v) is 3.91. The zero-order valence-electron chi connectivity index (χ0n) is 9.84. The van der Waals surface area contributed by atoms with Crippen LogP contribution >= 0.6 is 0 Å². The van der Waals surface area contributed by atoms with Gasteiger partial charge < -0.3 is 10.5 Å². The molecule has 0 atom stereocenters. The Hall–Kier alpha value is -2.31. The van der Waals surface area contributed by atoms with Gasteiger partial charge in [-0.2, -0.15) is 13.2 Å². The Kier molecular flexibility index (Phi) is 3.52. The first-order valence-corrected chi connectivity index (χ1v) is 5.37. The Morgan fingerprint density at radius 3 is 2.05 bits per heavy atom. The lowest BCUT2D eigenvalue weighted by atomic mass is 10.2. The zero-order chi connectivity index (χ0) is 14.9. The third kappa shape index (κ3) is 2.81. The molecule has 0 bridgehead atoms. The maximum atomic E-state index is 13.5. The molecule has 0 aliphatic heterocycles. The van der Waals surface area contributed by atoms with Gasteiger partial charge in [-0.25, -0.2) is 8.78 Å². The van der Waals surface area contributed by atoms with Crippen LogP contribution in [0.15, 0.2) is 36.4 Å². The van der Waals surface area contributed by atoms with Gasteiger partial charge in [0.15, 0.2) is 17.4 Å². The van der Waals surface area contributed by atoms with Crippen LogP contribution in [0.2, 0.25) is 0 Å². The van der Waals surface area contributed by atoms with Crippen molar-refractivity contribution in [1.82, 2.24) is 0 Å². The van der Waals surface area contributed by atoms with Crippen LogP contribution in [0.4, 0.5) is 27.6 Å². The summed E-state index contributed by atoms with van der Waals surface area (Å²) in [7, 11) is 0. The van der Waals surface area contributed by atoms with Gasteiger partial charge in [0.2, 0.25) is 0 Å². The molecule has 0 saturated carbocycles. The highest BCUT2D eigenvalue weighted by Gasteiger charge is 2.34. The highest BCUT2D eigenvalue weighted by molar-refractivity contribution is 5.46. The molecule has 2 nitrogen and oxygen atoms in total. The number of halogens is 5. The minimum Gasteiger partial charge on any atom is -0.451 e. The number of para-hydroxylation sites is 1. The van der Waals surface area contributed by atoms with Crippen molar-refractivity contribution >= 4 is 5.69 Å². The molecule has 0 fully saturated rings. The average Bonchev–Trinajstić information content (AvgIpc) is 2.33. The van der Waals surface area contributed by atoms with E-state index in [0.717, 1.165) is 30.3 Å². The number of benzene rings is 2. The predicted molar refractivity (Wildman–Crippen MR) is 62.3 cm³/mol. The van der Waals surface area contributed by atoms with Gasteiger partial charge in [-0.1, -0.05) is 12.1 Å². The number of hydrogen-bond acceptors (Lipinski definition) is 2. The van der Waals surface area contributed by atoms with Crippen LogP contribution in [0.25, 0.3) is 0 Å². The molecule has 7 heteroatoms. The van der Waals surface area contributed by atoms with E-state index in [2.05, 4.69) is 0 Å². The number of nitrogens with two attached hydrogens (primary N) is 1. The fraction of sp³-hybridized carbons (Fsp3) is 0.0769. The van der Waals surface area contributed by atoms with Gasteiger partial charge >= 0.3 is 6.18 Å². The van der Waals surface area contributed by atoms with Crippen molar-refractivity contribution < 1.29 is 26.7 Å². The number of rotatable bonds is 2. The number of anilines is 1. The summed E-state index contributed by atoms with van der Waals surface area (Å²) in [6, 6.07) is 5.65. The van der Waals surface area contributed by atoms with Crippen LogP contribution in [0, 0.1) is 11.6 Å². The fourth-order valence-corrected chi connectivity index (χ4v) is 1.58. The van der Waals surface area contributed by atoms with E-state index in [1.165, 1.54) is 6.07 Å². The number of nitrogen functional groups attached to an aromatic ring is 1. The second kappa shape index (κ2) is 4.99. The smallest absolute Gasteiger partial charge is 0.419 e. The van der Waals surface area contributed by atoms with Gasteiger partial charge in [0, 0.05) is 17.8 Å². The van der Waals surface area contributed by atoms with Crippen molar-refractivity contribution in [2.24, 2.45) is 0 Å². The van der Waals surface area contributed by atoms with E-state index < -0.39 is 34.9 Å². The fourth-order valence-electron chi connectivity index (χ4n) is 1.58. The highest BCUT2D eigenvalue weighted by Crippen LogP contribution is 2.39. The summed E-state index contributed by atoms with van der Waals surface area (Å²) in [6.07, 6.45) is -4.70. The summed E-state index contributed by atoms with van der Waals surface area (Å²) in [5.74, 6) is -3.99. The van der Waals surface area contributed by atoms with Crippen molar-refractivity contribution in [3.8, 4) is 11.5 Å². The van der Waals surface area contributed by atoms with Crippen LogP contribution in [0.5, 0.6) is 11.5 Å². The normalized spacial score (nSPS) is 11.4. The van der Waals surface area contributed by atoms with Crippen LogP contribution in [0.1, 0.15) is 5.56 Å². The van der Waals surface area contributed by atoms with Gasteiger partial charge in [-0.15, -0.1) is 0 Å². The first kappa shape index (κ1) is 14.1. The summed E-state index contributed by atoms with van der Waals surface area (Å²) >= 11 is 0. The molecule has 2 aromatic carbocycles. The van der Waals surface area contributed by atoms with Crippen molar-refractivity contribution in [2.75, 3.05) is 5.73 Å². The van der Waals surface area contributed by atoms with E-state index >= 15 is 0 Å². The first-order valence-electron chi connectivity index (χ1n) is 5.37. The lowest BCUT2D eigenvalue weighted by molar-refractivity contribution is -0.138. The van der Waals surface area contributed by atoms with Crippen LogP contribution < -0.4 is 10.5 Å². The summed E-state index contributed by atoms with van der Waals surface area (Å²) in [4.78, 5) is 0. The van der Waals surface area contributed by atoms with Gasteiger partial charge in [0.1, 0.15) is 5.75 Å². The Balaban J connectivity index is 2.46. The van der Waals surface area contributed by atoms with E-state index in [1.54, 1.807) is 0 Å². The third-order valence-electron chi connectivity index (χ3n) is 2.43. The van der Waals surface area contributed by atoms with Crippen LogP contribution in [-0.2, 0) is 6.18 Å². The van der Waals surface area contributed by atoms with Crippen LogP contribution in [-0.4, -0.2) is 0 Å². The molecular formula is C13H8F5NO. The molecule has 0 unspecified atom stereocenters. The van der Waals surface area contributed by atoms with E-state index in [4.69, 9.17) is 10.5 Å². The molecule has 2 rings (SSSR count). The lowest BCUT2D eigenvalue weighted by Gasteiger charge is -2.14. The average molecular weight is 289 g/mol. The summed E-state index contributed by atoms with van der Waals surface area (Å²) < 4.78 is 69.9. The minimum atomic E-state index is -4.70. The Labute approximate surface area is 110 Å². The molecule has 2 aromatic rings. The molecule has 106 valence electrons. The van der Waals surface area contributed by atoms with Crippen molar-refractivity contribution in [3.05, 3.63) is 53.6 Å². The van der Waals surface area contributed by atoms with E-state index in [9.17, 15) is 22.0 Å². The summed E-state index contributed by atoms with van der Waals surface area (Å²) in [5.41, 5.74) is 3.88. The molecule has 2 N–H and O–H groups in total. The van der Waals surface area contributed by atoms with E-state index in [0.29, 0.717) is 0 Å². The first-order chi connectivity index (χ1) is 9.29. The quantitative estimate of drug-likeness (QED) is 0.658. The predicted octanol–water partition coefficient (Wildman–Crippen LogP) is 4.36. The van der Waals surface area contributed by atoms with E-state index in [-0.39, 0.29) is 5.69 Å². The largest absolute Gasteiger partial charge is 0.451 e. The molecule has 20 heavy (non-hydrogen) atoms. The molecule has 0 heterocycles. The SMILES string of the molecule is Nc1cc(F)c(Oc2ccccc2C(F)(F)F)c(F)c1. The Morgan fingerprint density at radius 2 is 1.50 bits per heavy atom. The number of ether oxygens (including phenoxy) is 1. The molecule has 0 aliphatic carbocycles. The molecule has 0 radical (unpaired) electrons. The van der Waals surface area contributed by atoms with Gasteiger partial charge in [0.05, 0.1) is 5.56 Å². The molecule has 0 spiro atoms. The topological polar surface area (TPSA) is 35.2 Å². The second-order valence-electron chi connectivity index (χ2n) is 3.91. The molecule has 0 saturated heterocycles. The number of alkyl halides is 3. The molecular weight excluding hydrogens is 281 g/mol. The van der Waals surface area contributed by atoms with Gasteiger partial charge in [0.25, 0.3) is 0 Å². The highest BCUT2D eigenvalue weighted by atomic mass is 19.4. The van der Waals surface area contributed by atoms with Crippen molar-refractivity contribution in [3.63, 3.8) is 0 Å². The number of hydrogen-bond donors (Lipinski definition) is 1. The van der Waals surface area contributed by atoms with Crippen LogP contribution in [0.3, 0.4) is 0 Å². The maximum Gasteiger partial charge on any atom is 0.419 e. The zero-order valence-corrected chi connectivity index (χ0v) is 9.84. The Morgan fingerprint density at radius 1 is 0.950 bits per heavy atom.